The van der Waals surface area contributed by atoms with Crippen LogP contribution in [-0.2, 0) is 19.4 Å². The third-order valence-corrected chi connectivity index (χ3v) is 10.5. The molecule has 3 aromatic rings. The van der Waals surface area contributed by atoms with Gasteiger partial charge in [-0.2, -0.15) is 9.97 Å². The fourth-order valence-electron chi connectivity index (χ4n) is 8.56. The Labute approximate surface area is 246 Å². The van der Waals surface area contributed by atoms with Crippen molar-refractivity contribution < 1.29 is 13.5 Å². The smallest absolute Gasteiger partial charge is 0.318 e. The summed E-state index contributed by atoms with van der Waals surface area (Å²) in [7, 11) is 0. The molecule has 1 aromatic heterocycles. The second-order valence-electron chi connectivity index (χ2n) is 13.1. The van der Waals surface area contributed by atoms with Crippen LogP contribution in [0.1, 0.15) is 55.8 Å². The van der Waals surface area contributed by atoms with Crippen molar-refractivity contribution in [2.45, 2.75) is 82.2 Å². The lowest BCUT2D eigenvalue weighted by Gasteiger charge is -2.38. The predicted molar refractivity (Wildman–Crippen MR) is 161 cm³/mol. The summed E-state index contributed by atoms with van der Waals surface area (Å²) in [6.07, 6.45) is 5.62. The van der Waals surface area contributed by atoms with Gasteiger partial charge in [0.15, 0.2) is 0 Å². The first-order chi connectivity index (χ1) is 20.5. The molecular formula is C33H40F2N6O. The lowest BCUT2D eigenvalue weighted by atomic mass is 9.95. The normalized spacial score (nSPS) is 28.9. The van der Waals surface area contributed by atoms with Gasteiger partial charge >= 0.3 is 6.01 Å². The fourth-order valence-corrected chi connectivity index (χ4v) is 8.56. The van der Waals surface area contributed by atoms with Crippen molar-refractivity contribution in [3.8, 4) is 6.01 Å². The molecule has 2 bridgehead atoms. The van der Waals surface area contributed by atoms with Crippen molar-refractivity contribution in [2.24, 2.45) is 0 Å². The van der Waals surface area contributed by atoms with Crippen LogP contribution in [0, 0.1) is 5.82 Å². The summed E-state index contributed by atoms with van der Waals surface area (Å²) < 4.78 is 35.8. The highest BCUT2D eigenvalue weighted by Gasteiger charge is 2.49. The Kier molecular flexibility index (Phi) is 6.52. The number of rotatable bonds is 6. The summed E-state index contributed by atoms with van der Waals surface area (Å²) in [5.41, 5.74) is 3.75. The van der Waals surface area contributed by atoms with E-state index in [1.54, 1.807) is 6.07 Å². The number of nitrogens with zero attached hydrogens (tertiary/aromatic N) is 5. The van der Waals surface area contributed by atoms with Crippen LogP contribution in [0.25, 0.3) is 10.8 Å². The van der Waals surface area contributed by atoms with E-state index in [4.69, 9.17) is 14.7 Å². The number of benzene rings is 2. The Balaban J connectivity index is 1.15. The average molecular weight is 575 g/mol. The van der Waals surface area contributed by atoms with Crippen LogP contribution in [0.3, 0.4) is 0 Å². The first-order valence-corrected chi connectivity index (χ1v) is 15.9. The maximum atomic E-state index is 14.9. The van der Waals surface area contributed by atoms with Crippen LogP contribution in [0.15, 0.2) is 30.3 Å². The van der Waals surface area contributed by atoms with E-state index in [0.717, 1.165) is 79.0 Å². The van der Waals surface area contributed by atoms with Crippen molar-refractivity contribution in [1.29, 1.82) is 0 Å². The average Bonchev–Trinajstić information content (AvgIpc) is 3.65. The van der Waals surface area contributed by atoms with Crippen molar-refractivity contribution >= 4 is 22.3 Å². The Morgan fingerprint density at radius 3 is 2.74 bits per heavy atom. The molecule has 0 saturated carbocycles. The van der Waals surface area contributed by atoms with Gasteiger partial charge in [0.2, 0.25) is 0 Å². The largest absolute Gasteiger partial charge is 0.461 e. The molecule has 0 spiro atoms. The van der Waals surface area contributed by atoms with Gasteiger partial charge in [-0.25, -0.2) is 8.78 Å². The molecule has 4 atom stereocenters. The zero-order valence-electron chi connectivity index (χ0n) is 24.4. The summed E-state index contributed by atoms with van der Waals surface area (Å²) in [5, 5.41) is 5.79. The molecule has 7 nitrogen and oxygen atoms in total. The van der Waals surface area contributed by atoms with E-state index in [0.29, 0.717) is 50.6 Å². The first-order valence-electron chi connectivity index (χ1n) is 15.9. The van der Waals surface area contributed by atoms with Crippen molar-refractivity contribution in [3.63, 3.8) is 0 Å². The number of aromatic nitrogens is 2. The van der Waals surface area contributed by atoms with Gasteiger partial charge in [0.25, 0.3) is 0 Å². The summed E-state index contributed by atoms with van der Waals surface area (Å²) >= 11 is 0. The summed E-state index contributed by atoms with van der Waals surface area (Å²) in [6.45, 7) is 7.18. The number of ether oxygens (including phenoxy) is 1. The first kappa shape index (κ1) is 26.6. The zero-order chi connectivity index (χ0) is 28.4. The van der Waals surface area contributed by atoms with Crippen LogP contribution < -0.4 is 19.9 Å². The quantitative estimate of drug-likeness (QED) is 0.455. The van der Waals surface area contributed by atoms with E-state index in [2.05, 4.69) is 38.2 Å². The topological polar surface area (TPSA) is 56.8 Å². The minimum absolute atomic E-state index is 0.147. The van der Waals surface area contributed by atoms with Crippen LogP contribution in [0.2, 0.25) is 0 Å². The molecule has 4 saturated heterocycles. The molecule has 9 heteroatoms. The highest BCUT2D eigenvalue weighted by atomic mass is 19.1. The van der Waals surface area contributed by atoms with Gasteiger partial charge in [-0.3, -0.25) is 4.90 Å². The zero-order valence-corrected chi connectivity index (χ0v) is 24.4. The minimum Gasteiger partial charge on any atom is -0.461 e. The van der Waals surface area contributed by atoms with E-state index in [1.165, 1.54) is 18.4 Å². The maximum Gasteiger partial charge on any atom is 0.318 e. The van der Waals surface area contributed by atoms with E-state index < -0.39 is 6.17 Å². The van der Waals surface area contributed by atoms with E-state index in [9.17, 15) is 8.78 Å². The minimum atomic E-state index is -0.794. The van der Waals surface area contributed by atoms with Crippen LogP contribution in [0.4, 0.5) is 20.3 Å². The maximum absolute atomic E-state index is 14.9. The Morgan fingerprint density at radius 2 is 1.90 bits per heavy atom. The number of fused-ring (bicyclic) bond motifs is 5. The highest BCUT2D eigenvalue weighted by Crippen LogP contribution is 2.41. The highest BCUT2D eigenvalue weighted by molar-refractivity contribution is 5.97. The molecule has 5 aliphatic rings. The lowest BCUT2D eigenvalue weighted by Crippen LogP contribution is -2.52. The van der Waals surface area contributed by atoms with Crippen molar-refractivity contribution in [3.05, 3.63) is 53.0 Å². The standard InChI is InChI=1S/C33H40F2N6O/c1-2-25-27(35)10-7-21-5-3-6-29(30(21)25)39-14-11-26-28(19-39)37-32(38-31(26)40-17-23-8-9-24(18-40)36-23)42-20-33-12-4-13-41(33)16-22(34)15-33/h3,5-7,10,22-24,36H,2,4,8-9,11-20H2,1H3/t22-,23?,24?,33+/m1/s1. The summed E-state index contributed by atoms with van der Waals surface area (Å²) in [4.78, 5) is 17.2. The Morgan fingerprint density at radius 1 is 1.05 bits per heavy atom. The Bertz CT molecular complexity index is 1510. The molecule has 0 aliphatic carbocycles. The van der Waals surface area contributed by atoms with Crippen LogP contribution in [0.5, 0.6) is 6.01 Å². The molecular weight excluding hydrogens is 534 g/mol. The molecule has 0 amide bonds. The number of piperazine rings is 1. The molecule has 6 heterocycles. The molecule has 1 N–H and O–H groups in total. The number of nitrogens with one attached hydrogen (secondary N) is 1. The number of hydrogen-bond acceptors (Lipinski definition) is 7. The van der Waals surface area contributed by atoms with Gasteiger partial charge in [0, 0.05) is 61.3 Å². The van der Waals surface area contributed by atoms with Gasteiger partial charge in [-0.15, -0.1) is 0 Å². The van der Waals surface area contributed by atoms with E-state index >= 15 is 0 Å². The number of hydrogen-bond donors (Lipinski definition) is 1. The molecule has 8 rings (SSSR count). The van der Waals surface area contributed by atoms with Crippen molar-refractivity contribution in [1.82, 2.24) is 20.2 Å². The van der Waals surface area contributed by atoms with E-state index in [1.807, 2.05) is 13.0 Å². The molecule has 222 valence electrons. The number of halogens is 2. The van der Waals surface area contributed by atoms with Gasteiger partial charge < -0.3 is 19.9 Å². The molecule has 2 unspecified atom stereocenters. The number of anilines is 2. The van der Waals surface area contributed by atoms with Gasteiger partial charge in [-0.1, -0.05) is 25.1 Å². The van der Waals surface area contributed by atoms with Crippen molar-refractivity contribution in [2.75, 3.05) is 49.1 Å². The van der Waals surface area contributed by atoms with Gasteiger partial charge in [0.05, 0.1) is 17.8 Å². The molecule has 4 fully saturated rings. The van der Waals surface area contributed by atoms with E-state index in [-0.39, 0.29) is 11.4 Å². The molecule has 0 radical (unpaired) electrons. The number of alkyl halides is 1. The van der Waals surface area contributed by atoms with Crippen LogP contribution >= 0.6 is 0 Å². The summed E-state index contributed by atoms with van der Waals surface area (Å²) in [6, 6.07) is 11.1. The SMILES string of the molecule is CCc1c(F)ccc2cccc(N3CCc4c(nc(OC[C@@]56CCCN5C[C@H](F)C6)nc4N4CC5CCC(C4)N5)C3)c12. The van der Waals surface area contributed by atoms with Crippen LogP contribution in [-0.4, -0.2) is 78.0 Å². The second kappa shape index (κ2) is 10.3. The van der Waals surface area contributed by atoms with Gasteiger partial charge in [0.1, 0.15) is 24.4 Å². The Hall–Kier alpha value is -3.04. The molecule has 5 aliphatic heterocycles. The third kappa shape index (κ3) is 4.42. The molecule has 2 aromatic carbocycles. The number of aryl methyl sites for hydroxylation is 1. The van der Waals surface area contributed by atoms with Gasteiger partial charge in [-0.05, 0) is 68.2 Å². The predicted octanol–water partition coefficient (Wildman–Crippen LogP) is 4.79. The lowest BCUT2D eigenvalue weighted by molar-refractivity contribution is 0.107. The fraction of sp³-hybridized carbons (Fsp3) is 0.576. The monoisotopic (exact) mass is 574 g/mol. The molecule has 42 heavy (non-hydrogen) atoms. The third-order valence-electron chi connectivity index (χ3n) is 10.5. The summed E-state index contributed by atoms with van der Waals surface area (Å²) in [5.74, 6) is 0.855. The second-order valence-corrected chi connectivity index (χ2v) is 13.1.